The summed E-state index contributed by atoms with van der Waals surface area (Å²) in [6.07, 6.45) is 1.36. The van der Waals surface area contributed by atoms with Crippen molar-refractivity contribution in [3.05, 3.63) is 23.8 Å². The molecule has 27 heavy (non-hydrogen) atoms. The zero-order valence-corrected chi connectivity index (χ0v) is 16.5. The molecule has 0 N–H and O–H groups in total. The van der Waals surface area contributed by atoms with Crippen molar-refractivity contribution < 1.29 is 23.8 Å². The van der Waals surface area contributed by atoms with Gasteiger partial charge in [-0.3, -0.25) is 4.79 Å². The molecule has 0 unspecified atom stereocenters. The lowest BCUT2D eigenvalue weighted by molar-refractivity contribution is 0.0123. The number of hydrogen-bond donors (Lipinski definition) is 0. The van der Waals surface area contributed by atoms with Gasteiger partial charge >= 0.3 is 6.09 Å². The highest BCUT2D eigenvalue weighted by molar-refractivity contribution is 5.95. The van der Waals surface area contributed by atoms with Gasteiger partial charge in [-0.25, -0.2) is 4.79 Å². The summed E-state index contributed by atoms with van der Waals surface area (Å²) in [5.74, 6) is 1.16. The van der Waals surface area contributed by atoms with Gasteiger partial charge < -0.3 is 24.0 Å². The van der Waals surface area contributed by atoms with Crippen LogP contribution in [0.1, 0.15) is 44.0 Å². The number of likely N-dealkylation sites (tertiary alicyclic amines) is 1. The Morgan fingerprint density at radius 2 is 1.89 bits per heavy atom. The summed E-state index contributed by atoms with van der Waals surface area (Å²) in [6.45, 7) is 7.67. The van der Waals surface area contributed by atoms with Gasteiger partial charge in [0.1, 0.15) is 18.8 Å². The average Bonchev–Trinajstić information content (AvgIpc) is 2.65. The van der Waals surface area contributed by atoms with Crippen LogP contribution in [0, 0.1) is 0 Å². The molecule has 0 aliphatic carbocycles. The third kappa shape index (κ3) is 4.64. The summed E-state index contributed by atoms with van der Waals surface area (Å²) < 4.78 is 16.5. The molecule has 1 saturated heterocycles. The van der Waals surface area contributed by atoms with E-state index in [1.807, 2.05) is 20.8 Å². The van der Waals surface area contributed by atoms with Crippen molar-refractivity contribution in [2.45, 2.75) is 45.3 Å². The van der Waals surface area contributed by atoms with E-state index in [2.05, 4.69) is 0 Å². The van der Waals surface area contributed by atoms with E-state index in [1.165, 1.54) is 0 Å². The fourth-order valence-corrected chi connectivity index (χ4v) is 3.31. The Kier molecular flexibility index (Phi) is 5.48. The third-order valence-electron chi connectivity index (χ3n) is 4.71. The molecule has 0 bridgehead atoms. The summed E-state index contributed by atoms with van der Waals surface area (Å²) >= 11 is 0. The van der Waals surface area contributed by atoms with Gasteiger partial charge in [-0.2, -0.15) is 0 Å². The standard InChI is InChI=1S/C20H28N2O5/c1-20(2,3)27-19(24)22-9-5-6-15(13-22)21(4)18(23)14-7-8-16-17(12-14)26-11-10-25-16/h7-8,12,15H,5-6,9-11,13H2,1-4H3/t15-/m0/s1. The molecular formula is C20H28N2O5. The van der Waals surface area contributed by atoms with Crippen molar-refractivity contribution in [2.75, 3.05) is 33.4 Å². The molecule has 148 valence electrons. The maximum absolute atomic E-state index is 12.9. The van der Waals surface area contributed by atoms with Gasteiger partial charge in [0.05, 0.1) is 0 Å². The van der Waals surface area contributed by atoms with E-state index >= 15 is 0 Å². The second-order valence-corrected chi connectivity index (χ2v) is 8.00. The van der Waals surface area contributed by atoms with Crippen LogP contribution in [0.2, 0.25) is 0 Å². The summed E-state index contributed by atoms with van der Waals surface area (Å²) in [6, 6.07) is 5.19. The van der Waals surface area contributed by atoms with E-state index in [-0.39, 0.29) is 18.0 Å². The zero-order valence-electron chi connectivity index (χ0n) is 16.5. The third-order valence-corrected chi connectivity index (χ3v) is 4.71. The van der Waals surface area contributed by atoms with E-state index in [1.54, 1.807) is 35.0 Å². The number of likely N-dealkylation sites (N-methyl/N-ethyl adjacent to an activating group) is 1. The molecule has 1 fully saturated rings. The molecule has 2 amide bonds. The number of amides is 2. The van der Waals surface area contributed by atoms with Crippen LogP contribution in [-0.2, 0) is 4.74 Å². The molecule has 0 spiro atoms. The first kappa shape index (κ1) is 19.3. The van der Waals surface area contributed by atoms with Gasteiger partial charge in [-0.1, -0.05) is 0 Å². The average molecular weight is 376 g/mol. The fraction of sp³-hybridized carbons (Fsp3) is 0.600. The number of carbonyl (C=O) groups excluding carboxylic acids is 2. The summed E-state index contributed by atoms with van der Waals surface area (Å²) in [5, 5.41) is 0. The smallest absolute Gasteiger partial charge is 0.410 e. The van der Waals surface area contributed by atoms with Crippen molar-refractivity contribution in [3.8, 4) is 11.5 Å². The molecule has 2 aliphatic heterocycles. The van der Waals surface area contributed by atoms with Crippen molar-refractivity contribution in [3.63, 3.8) is 0 Å². The van der Waals surface area contributed by atoms with Crippen molar-refractivity contribution in [1.82, 2.24) is 9.80 Å². The van der Waals surface area contributed by atoms with E-state index < -0.39 is 5.60 Å². The molecule has 0 aromatic heterocycles. The Balaban J connectivity index is 1.66. The topological polar surface area (TPSA) is 68.3 Å². The highest BCUT2D eigenvalue weighted by atomic mass is 16.6. The molecule has 0 radical (unpaired) electrons. The maximum Gasteiger partial charge on any atom is 0.410 e. The molecule has 3 rings (SSSR count). The minimum Gasteiger partial charge on any atom is -0.486 e. The minimum atomic E-state index is -0.531. The van der Waals surface area contributed by atoms with E-state index in [9.17, 15) is 9.59 Å². The van der Waals surface area contributed by atoms with Crippen LogP contribution in [-0.4, -0.2) is 66.8 Å². The van der Waals surface area contributed by atoms with Crippen LogP contribution in [0.5, 0.6) is 11.5 Å². The molecule has 2 aliphatic rings. The van der Waals surface area contributed by atoms with Gasteiger partial charge in [0.2, 0.25) is 0 Å². The number of fused-ring (bicyclic) bond motifs is 1. The molecule has 1 atom stereocenters. The van der Waals surface area contributed by atoms with Gasteiger partial charge in [0.15, 0.2) is 11.5 Å². The van der Waals surface area contributed by atoms with Crippen LogP contribution < -0.4 is 9.47 Å². The van der Waals surface area contributed by atoms with Crippen LogP contribution in [0.4, 0.5) is 4.79 Å². The normalized spacial score (nSPS) is 19.4. The number of rotatable bonds is 2. The van der Waals surface area contributed by atoms with Crippen LogP contribution in [0.15, 0.2) is 18.2 Å². The Morgan fingerprint density at radius 1 is 1.19 bits per heavy atom. The molecule has 7 heteroatoms. The lowest BCUT2D eigenvalue weighted by Gasteiger charge is -2.38. The Labute approximate surface area is 160 Å². The van der Waals surface area contributed by atoms with Crippen LogP contribution >= 0.6 is 0 Å². The first-order chi connectivity index (χ1) is 12.7. The first-order valence-corrected chi connectivity index (χ1v) is 9.39. The number of hydrogen-bond acceptors (Lipinski definition) is 5. The van der Waals surface area contributed by atoms with E-state index in [0.29, 0.717) is 43.4 Å². The molecule has 2 heterocycles. The first-order valence-electron chi connectivity index (χ1n) is 9.39. The van der Waals surface area contributed by atoms with Crippen molar-refractivity contribution in [1.29, 1.82) is 0 Å². The predicted molar refractivity (Wildman–Crippen MR) is 100 cm³/mol. The predicted octanol–water partition coefficient (Wildman–Crippen LogP) is 2.93. The molecular weight excluding hydrogens is 348 g/mol. The van der Waals surface area contributed by atoms with Crippen LogP contribution in [0.3, 0.4) is 0 Å². The largest absolute Gasteiger partial charge is 0.486 e. The highest BCUT2D eigenvalue weighted by Crippen LogP contribution is 2.31. The number of ether oxygens (including phenoxy) is 3. The van der Waals surface area contributed by atoms with Gasteiger partial charge in [0.25, 0.3) is 5.91 Å². The quantitative estimate of drug-likeness (QED) is 0.794. The number of carbonyl (C=O) groups is 2. The molecule has 1 aromatic carbocycles. The van der Waals surface area contributed by atoms with Gasteiger partial charge in [-0.15, -0.1) is 0 Å². The van der Waals surface area contributed by atoms with Crippen molar-refractivity contribution >= 4 is 12.0 Å². The van der Waals surface area contributed by atoms with Crippen molar-refractivity contribution in [2.24, 2.45) is 0 Å². The second kappa shape index (κ2) is 7.66. The summed E-state index contributed by atoms with van der Waals surface area (Å²) in [7, 11) is 1.78. The zero-order chi connectivity index (χ0) is 19.6. The van der Waals surface area contributed by atoms with E-state index in [4.69, 9.17) is 14.2 Å². The van der Waals surface area contributed by atoms with Gasteiger partial charge in [0, 0.05) is 31.7 Å². The lowest BCUT2D eigenvalue weighted by atomic mass is 10.0. The molecule has 1 aromatic rings. The summed E-state index contributed by atoms with van der Waals surface area (Å²) in [5.41, 5.74) is 0.0212. The van der Waals surface area contributed by atoms with Gasteiger partial charge in [-0.05, 0) is 51.8 Å². The number of benzene rings is 1. The number of nitrogens with zero attached hydrogens (tertiary/aromatic N) is 2. The Bertz CT molecular complexity index is 713. The minimum absolute atomic E-state index is 0.0491. The Hall–Kier alpha value is -2.44. The Morgan fingerprint density at radius 3 is 2.59 bits per heavy atom. The lowest BCUT2D eigenvalue weighted by Crippen LogP contribution is -2.51. The van der Waals surface area contributed by atoms with E-state index in [0.717, 1.165) is 12.8 Å². The second-order valence-electron chi connectivity index (χ2n) is 8.00. The maximum atomic E-state index is 12.9. The number of piperidine rings is 1. The SMILES string of the molecule is CN(C(=O)c1ccc2c(c1)OCCO2)[C@H]1CCCN(C(=O)OC(C)(C)C)C1. The molecule has 7 nitrogen and oxygen atoms in total. The summed E-state index contributed by atoms with van der Waals surface area (Å²) in [4.78, 5) is 28.7. The molecule has 0 saturated carbocycles. The fourth-order valence-electron chi connectivity index (χ4n) is 3.31. The highest BCUT2D eigenvalue weighted by Gasteiger charge is 2.31. The monoisotopic (exact) mass is 376 g/mol. The van der Waals surface area contributed by atoms with Crippen LogP contribution in [0.25, 0.3) is 0 Å².